The molecule has 3 heteroatoms. The van der Waals surface area contributed by atoms with Crippen LogP contribution in [0.15, 0.2) is 48.8 Å². The van der Waals surface area contributed by atoms with Crippen LogP contribution in [0.5, 0.6) is 0 Å². The van der Waals surface area contributed by atoms with Crippen LogP contribution in [-0.4, -0.2) is 12.1 Å². The second-order valence-electron chi connectivity index (χ2n) is 3.80. The van der Waals surface area contributed by atoms with Gasteiger partial charge in [-0.3, -0.25) is 4.98 Å². The minimum atomic E-state index is 0.644. The summed E-state index contributed by atoms with van der Waals surface area (Å²) in [5.74, 6) is 0. The molecule has 0 unspecified atom stereocenters. The molecular formula is C14H16N2O. The van der Waals surface area contributed by atoms with Crippen LogP contribution < -0.4 is 5.32 Å². The van der Waals surface area contributed by atoms with Crippen LogP contribution in [0.3, 0.4) is 0 Å². The molecule has 0 aliphatic carbocycles. The molecular weight excluding hydrogens is 212 g/mol. The number of ether oxygens (including phenoxy) is 1. The summed E-state index contributed by atoms with van der Waals surface area (Å²) in [6.07, 6.45) is 3.59. The summed E-state index contributed by atoms with van der Waals surface area (Å²) >= 11 is 0. The Labute approximate surface area is 101 Å². The number of hydrogen-bond donors (Lipinski definition) is 1. The molecule has 0 atom stereocenters. The lowest BCUT2D eigenvalue weighted by atomic mass is 10.1. The maximum absolute atomic E-state index is 5.18. The molecule has 0 bridgehead atoms. The Hall–Kier alpha value is -1.87. The van der Waals surface area contributed by atoms with Crippen molar-refractivity contribution in [3.05, 3.63) is 59.9 Å². The van der Waals surface area contributed by atoms with Gasteiger partial charge in [0.15, 0.2) is 0 Å². The predicted octanol–water partition coefficient (Wildman–Crippen LogP) is 2.84. The molecule has 2 aromatic rings. The van der Waals surface area contributed by atoms with Crippen molar-refractivity contribution in [2.24, 2.45) is 0 Å². The van der Waals surface area contributed by atoms with Crippen LogP contribution in [0.25, 0.3) is 0 Å². The summed E-state index contributed by atoms with van der Waals surface area (Å²) in [5.41, 5.74) is 3.49. The van der Waals surface area contributed by atoms with Gasteiger partial charge in [0.25, 0.3) is 0 Å². The Bertz CT molecular complexity index is 457. The lowest BCUT2D eigenvalue weighted by Gasteiger charge is -2.10. The molecule has 0 radical (unpaired) electrons. The second-order valence-corrected chi connectivity index (χ2v) is 3.80. The van der Waals surface area contributed by atoms with Gasteiger partial charge in [0.1, 0.15) is 0 Å². The first-order chi connectivity index (χ1) is 8.40. The van der Waals surface area contributed by atoms with E-state index < -0.39 is 0 Å². The number of hydrogen-bond acceptors (Lipinski definition) is 3. The van der Waals surface area contributed by atoms with E-state index in [0.29, 0.717) is 6.61 Å². The zero-order chi connectivity index (χ0) is 11.9. The van der Waals surface area contributed by atoms with Crippen molar-refractivity contribution in [3.63, 3.8) is 0 Å². The Morgan fingerprint density at radius 3 is 2.65 bits per heavy atom. The maximum atomic E-state index is 5.18. The molecule has 1 N–H and O–H groups in total. The molecule has 2 rings (SSSR count). The van der Waals surface area contributed by atoms with Crippen molar-refractivity contribution in [1.29, 1.82) is 0 Å². The SMILES string of the molecule is COCc1ccccc1CNc1cccnc1. The molecule has 17 heavy (non-hydrogen) atoms. The zero-order valence-corrected chi connectivity index (χ0v) is 9.89. The highest BCUT2D eigenvalue weighted by Gasteiger charge is 2.00. The molecule has 0 aliphatic rings. The van der Waals surface area contributed by atoms with Gasteiger partial charge < -0.3 is 10.1 Å². The molecule has 1 aromatic carbocycles. The maximum Gasteiger partial charge on any atom is 0.0716 e. The average Bonchev–Trinajstić information content (AvgIpc) is 2.39. The van der Waals surface area contributed by atoms with E-state index in [1.54, 1.807) is 13.3 Å². The van der Waals surface area contributed by atoms with Crippen LogP contribution in [0.2, 0.25) is 0 Å². The highest BCUT2D eigenvalue weighted by Crippen LogP contribution is 2.12. The lowest BCUT2D eigenvalue weighted by molar-refractivity contribution is 0.184. The van der Waals surface area contributed by atoms with E-state index in [0.717, 1.165) is 12.2 Å². The first-order valence-electron chi connectivity index (χ1n) is 5.60. The standard InChI is InChI=1S/C14H16N2O/c1-17-11-13-6-3-2-5-12(13)9-16-14-7-4-8-15-10-14/h2-8,10,16H,9,11H2,1H3. The van der Waals surface area contributed by atoms with Crippen LogP contribution in [0.1, 0.15) is 11.1 Å². The van der Waals surface area contributed by atoms with Gasteiger partial charge in [0, 0.05) is 26.0 Å². The van der Waals surface area contributed by atoms with Gasteiger partial charge in [-0.05, 0) is 23.3 Å². The summed E-state index contributed by atoms with van der Waals surface area (Å²) in [6, 6.07) is 12.2. The predicted molar refractivity (Wildman–Crippen MR) is 68.7 cm³/mol. The molecule has 0 aliphatic heterocycles. The molecule has 0 fully saturated rings. The van der Waals surface area contributed by atoms with E-state index in [1.165, 1.54) is 11.1 Å². The Kier molecular flexibility index (Phi) is 4.11. The largest absolute Gasteiger partial charge is 0.380 e. The van der Waals surface area contributed by atoms with Gasteiger partial charge in [0.05, 0.1) is 12.3 Å². The van der Waals surface area contributed by atoms with Crippen molar-refractivity contribution in [3.8, 4) is 0 Å². The third-order valence-corrected chi connectivity index (χ3v) is 2.56. The molecule has 0 spiro atoms. The van der Waals surface area contributed by atoms with E-state index >= 15 is 0 Å². The number of rotatable bonds is 5. The monoisotopic (exact) mass is 228 g/mol. The summed E-state index contributed by atoms with van der Waals surface area (Å²) in [4.78, 5) is 4.07. The summed E-state index contributed by atoms with van der Waals surface area (Å²) in [7, 11) is 1.71. The number of anilines is 1. The van der Waals surface area contributed by atoms with Gasteiger partial charge in [-0.2, -0.15) is 0 Å². The molecule has 88 valence electrons. The quantitative estimate of drug-likeness (QED) is 0.854. The summed E-state index contributed by atoms with van der Waals surface area (Å²) in [5, 5.41) is 3.34. The number of aromatic nitrogens is 1. The van der Waals surface area contributed by atoms with Crippen molar-refractivity contribution in [1.82, 2.24) is 4.98 Å². The Morgan fingerprint density at radius 1 is 1.12 bits per heavy atom. The van der Waals surface area contributed by atoms with Crippen molar-refractivity contribution in [2.75, 3.05) is 12.4 Å². The molecule has 0 saturated carbocycles. The Morgan fingerprint density at radius 2 is 1.94 bits per heavy atom. The first kappa shape index (κ1) is 11.6. The van der Waals surface area contributed by atoms with E-state index in [-0.39, 0.29) is 0 Å². The van der Waals surface area contributed by atoms with Gasteiger partial charge in [-0.1, -0.05) is 24.3 Å². The average molecular weight is 228 g/mol. The summed E-state index contributed by atoms with van der Waals surface area (Å²) < 4.78 is 5.18. The minimum absolute atomic E-state index is 0.644. The molecule has 3 nitrogen and oxygen atoms in total. The van der Waals surface area contributed by atoms with Crippen molar-refractivity contribution in [2.45, 2.75) is 13.2 Å². The van der Waals surface area contributed by atoms with Crippen LogP contribution >= 0.6 is 0 Å². The second kappa shape index (κ2) is 6.01. The van der Waals surface area contributed by atoms with E-state index in [1.807, 2.05) is 30.5 Å². The van der Waals surface area contributed by atoms with Gasteiger partial charge in [-0.25, -0.2) is 0 Å². The normalized spacial score (nSPS) is 10.2. The number of nitrogens with one attached hydrogen (secondary N) is 1. The van der Waals surface area contributed by atoms with E-state index in [2.05, 4.69) is 22.4 Å². The highest BCUT2D eigenvalue weighted by molar-refractivity contribution is 5.41. The molecule has 1 aromatic heterocycles. The molecule has 0 amide bonds. The van der Waals surface area contributed by atoms with Crippen molar-refractivity contribution < 1.29 is 4.74 Å². The fourth-order valence-corrected chi connectivity index (χ4v) is 1.69. The van der Waals surface area contributed by atoms with Crippen LogP contribution in [-0.2, 0) is 17.9 Å². The third kappa shape index (κ3) is 3.29. The number of nitrogens with zero attached hydrogens (tertiary/aromatic N) is 1. The third-order valence-electron chi connectivity index (χ3n) is 2.56. The van der Waals surface area contributed by atoms with Crippen LogP contribution in [0, 0.1) is 0 Å². The van der Waals surface area contributed by atoms with Gasteiger partial charge >= 0.3 is 0 Å². The number of pyridine rings is 1. The highest BCUT2D eigenvalue weighted by atomic mass is 16.5. The van der Waals surface area contributed by atoms with E-state index in [9.17, 15) is 0 Å². The lowest BCUT2D eigenvalue weighted by Crippen LogP contribution is -2.03. The zero-order valence-electron chi connectivity index (χ0n) is 9.89. The van der Waals surface area contributed by atoms with E-state index in [4.69, 9.17) is 4.74 Å². The minimum Gasteiger partial charge on any atom is -0.380 e. The van der Waals surface area contributed by atoms with Gasteiger partial charge in [0.2, 0.25) is 0 Å². The smallest absolute Gasteiger partial charge is 0.0716 e. The Balaban J connectivity index is 2.03. The number of benzene rings is 1. The molecule has 0 saturated heterocycles. The first-order valence-corrected chi connectivity index (χ1v) is 5.60. The topological polar surface area (TPSA) is 34.1 Å². The van der Waals surface area contributed by atoms with Crippen LogP contribution in [0.4, 0.5) is 5.69 Å². The molecule has 1 heterocycles. The fraction of sp³-hybridized carbons (Fsp3) is 0.214. The fourth-order valence-electron chi connectivity index (χ4n) is 1.69. The van der Waals surface area contributed by atoms with Gasteiger partial charge in [-0.15, -0.1) is 0 Å². The summed E-state index contributed by atoms with van der Waals surface area (Å²) in [6.45, 7) is 1.43. The van der Waals surface area contributed by atoms with Crippen molar-refractivity contribution >= 4 is 5.69 Å². The number of methoxy groups -OCH3 is 1.